The molecule has 156 valence electrons. The highest BCUT2D eigenvalue weighted by atomic mass is 35.5. The van der Waals surface area contributed by atoms with Gasteiger partial charge in [0, 0.05) is 11.3 Å². The molecule has 2 aromatic carbocycles. The van der Waals surface area contributed by atoms with Crippen molar-refractivity contribution in [3.8, 4) is 22.8 Å². The Kier molecular flexibility index (Phi) is 5.25. The van der Waals surface area contributed by atoms with E-state index in [1.807, 2.05) is 68.4 Å². The van der Waals surface area contributed by atoms with Crippen molar-refractivity contribution in [1.82, 2.24) is 25.0 Å². The number of halogens is 1. The van der Waals surface area contributed by atoms with E-state index in [9.17, 15) is 0 Å². The Labute approximate surface area is 188 Å². The van der Waals surface area contributed by atoms with Gasteiger partial charge in [-0.05, 0) is 30.9 Å². The second-order valence-electron chi connectivity index (χ2n) is 6.91. The van der Waals surface area contributed by atoms with Gasteiger partial charge in [0.15, 0.2) is 5.69 Å². The van der Waals surface area contributed by atoms with Crippen LogP contribution in [0.3, 0.4) is 0 Å². The largest absolute Gasteiger partial charge is 0.447 e. The Hall–Kier alpha value is -3.10. The highest BCUT2D eigenvalue weighted by Gasteiger charge is 2.30. The Bertz CT molecular complexity index is 1250. The van der Waals surface area contributed by atoms with Crippen LogP contribution in [0.15, 0.2) is 59.8 Å². The van der Waals surface area contributed by atoms with Crippen molar-refractivity contribution in [2.45, 2.75) is 25.2 Å². The van der Waals surface area contributed by atoms with Crippen LogP contribution in [0.4, 0.5) is 5.69 Å². The molecule has 0 saturated heterocycles. The molecule has 7 nitrogen and oxygen atoms in total. The Morgan fingerprint density at radius 1 is 1.10 bits per heavy atom. The minimum atomic E-state index is -0.594. The monoisotopic (exact) mass is 450 g/mol. The molecule has 0 spiro atoms. The fraction of sp³-hybridized carbons (Fsp3) is 0.182. The summed E-state index contributed by atoms with van der Waals surface area (Å²) in [6, 6.07) is 17.6. The number of ether oxygens (including phenoxy) is 1. The molecule has 0 bridgehead atoms. The number of fused-ring (bicyclic) bond motifs is 3. The number of hydrogen-bond donors (Lipinski definition) is 1. The molecule has 9 heteroatoms. The average Bonchev–Trinajstić information content (AvgIpc) is 2.98. The Morgan fingerprint density at radius 3 is 2.68 bits per heavy atom. The lowest BCUT2D eigenvalue weighted by atomic mass is 10.1. The van der Waals surface area contributed by atoms with Gasteiger partial charge >= 0.3 is 0 Å². The zero-order chi connectivity index (χ0) is 21.4. The molecule has 0 radical (unpaired) electrons. The summed E-state index contributed by atoms with van der Waals surface area (Å²) in [5, 5.41) is 17.8. The molecule has 1 aliphatic heterocycles. The second-order valence-corrected chi connectivity index (χ2v) is 8.50. The SMILES string of the molecule is CCSc1nnc2c(n1)O[C@@H](c1c(C)nn(-c3ccccc3)c1Cl)Nc1ccccc1-2. The van der Waals surface area contributed by atoms with E-state index in [1.54, 1.807) is 4.68 Å². The summed E-state index contributed by atoms with van der Waals surface area (Å²) in [6.07, 6.45) is -0.594. The maximum atomic E-state index is 6.81. The number of nitrogens with one attached hydrogen (secondary N) is 1. The van der Waals surface area contributed by atoms with Crippen LogP contribution >= 0.6 is 23.4 Å². The third kappa shape index (κ3) is 3.62. The van der Waals surface area contributed by atoms with Crippen LogP contribution in [0.25, 0.3) is 16.9 Å². The van der Waals surface area contributed by atoms with E-state index in [0.29, 0.717) is 21.9 Å². The van der Waals surface area contributed by atoms with Gasteiger partial charge in [-0.25, -0.2) is 4.68 Å². The molecule has 1 aliphatic rings. The van der Waals surface area contributed by atoms with Crippen LogP contribution < -0.4 is 10.1 Å². The van der Waals surface area contributed by atoms with Crippen LogP contribution in [0.5, 0.6) is 5.88 Å². The molecule has 31 heavy (non-hydrogen) atoms. The van der Waals surface area contributed by atoms with Crippen LogP contribution in [0, 0.1) is 6.92 Å². The summed E-state index contributed by atoms with van der Waals surface area (Å²) in [7, 11) is 0. The number of thioether (sulfide) groups is 1. The van der Waals surface area contributed by atoms with Gasteiger partial charge in [-0.1, -0.05) is 66.7 Å². The topological polar surface area (TPSA) is 77.8 Å². The van der Waals surface area contributed by atoms with Crippen molar-refractivity contribution in [3.05, 3.63) is 71.0 Å². The number of nitrogens with zero attached hydrogens (tertiary/aromatic N) is 5. The molecule has 3 heterocycles. The zero-order valence-corrected chi connectivity index (χ0v) is 18.5. The standard InChI is InChI=1S/C22H19ClN6OS/c1-3-31-22-25-21-18(26-27-22)15-11-7-8-12-16(15)24-20(30-21)17-13(2)28-29(19(17)23)14-9-5-4-6-10-14/h4-12,20,24H,3H2,1-2H3/t20-/m0/s1. The van der Waals surface area contributed by atoms with Crippen molar-refractivity contribution in [3.63, 3.8) is 0 Å². The van der Waals surface area contributed by atoms with Gasteiger partial charge in [0.2, 0.25) is 17.3 Å². The van der Waals surface area contributed by atoms with E-state index in [2.05, 4.69) is 25.6 Å². The fourth-order valence-electron chi connectivity index (χ4n) is 3.52. The number of hydrogen-bond acceptors (Lipinski definition) is 7. The number of anilines is 1. The summed E-state index contributed by atoms with van der Waals surface area (Å²) in [5.41, 5.74) is 4.71. The van der Waals surface area contributed by atoms with Gasteiger partial charge in [0.25, 0.3) is 0 Å². The van der Waals surface area contributed by atoms with E-state index in [0.717, 1.165) is 33.9 Å². The van der Waals surface area contributed by atoms with Crippen molar-refractivity contribution in [2.75, 3.05) is 11.1 Å². The number of aryl methyl sites for hydroxylation is 1. The number of para-hydroxylation sites is 2. The van der Waals surface area contributed by atoms with Crippen LogP contribution in [0.2, 0.25) is 5.15 Å². The average molecular weight is 451 g/mol. The minimum Gasteiger partial charge on any atom is -0.447 e. The molecule has 1 N–H and O–H groups in total. The van der Waals surface area contributed by atoms with Gasteiger partial charge in [-0.15, -0.1) is 10.2 Å². The predicted molar refractivity (Wildman–Crippen MR) is 122 cm³/mol. The molecule has 0 aliphatic carbocycles. The van der Waals surface area contributed by atoms with E-state index in [4.69, 9.17) is 16.3 Å². The molecular formula is C22H19ClN6OS. The summed E-state index contributed by atoms with van der Waals surface area (Å²) in [4.78, 5) is 4.62. The van der Waals surface area contributed by atoms with E-state index in [1.165, 1.54) is 11.8 Å². The van der Waals surface area contributed by atoms with Gasteiger partial charge in [-0.3, -0.25) is 0 Å². The van der Waals surface area contributed by atoms with E-state index >= 15 is 0 Å². The Morgan fingerprint density at radius 2 is 1.87 bits per heavy atom. The number of aromatic nitrogens is 5. The second kappa shape index (κ2) is 8.20. The summed E-state index contributed by atoms with van der Waals surface area (Å²) in [6.45, 7) is 3.96. The fourth-order valence-corrected chi connectivity index (χ4v) is 4.39. The molecule has 5 rings (SSSR count). The predicted octanol–water partition coefficient (Wildman–Crippen LogP) is 5.30. The lowest BCUT2D eigenvalue weighted by Crippen LogP contribution is -2.18. The first kappa shape index (κ1) is 19.8. The van der Waals surface area contributed by atoms with Crippen molar-refractivity contribution in [1.29, 1.82) is 0 Å². The normalized spacial score (nSPS) is 14.7. The zero-order valence-electron chi connectivity index (χ0n) is 16.9. The first-order valence-electron chi connectivity index (χ1n) is 9.86. The lowest BCUT2D eigenvalue weighted by Gasteiger charge is -2.19. The number of rotatable bonds is 4. The minimum absolute atomic E-state index is 0.413. The third-order valence-corrected chi connectivity index (χ3v) is 6.00. The summed E-state index contributed by atoms with van der Waals surface area (Å²) in [5.74, 6) is 1.25. The smallest absolute Gasteiger partial charge is 0.247 e. The highest BCUT2D eigenvalue weighted by molar-refractivity contribution is 7.99. The van der Waals surface area contributed by atoms with Gasteiger partial charge in [0.05, 0.1) is 16.9 Å². The summed E-state index contributed by atoms with van der Waals surface area (Å²) < 4.78 is 8.06. The molecule has 0 saturated carbocycles. The van der Waals surface area contributed by atoms with Crippen LogP contribution in [-0.4, -0.2) is 30.7 Å². The summed E-state index contributed by atoms with van der Waals surface area (Å²) >= 11 is 8.33. The first-order valence-corrected chi connectivity index (χ1v) is 11.2. The highest BCUT2D eigenvalue weighted by Crippen LogP contribution is 2.41. The quantitative estimate of drug-likeness (QED) is 0.422. The first-order chi connectivity index (χ1) is 15.2. The van der Waals surface area contributed by atoms with Crippen molar-refractivity contribution in [2.24, 2.45) is 0 Å². The molecule has 0 amide bonds. The van der Waals surface area contributed by atoms with Gasteiger partial charge < -0.3 is 10.1 Å². The van der Waals surface area contributed by atoms with E-state index < -0.39 is 6.23 Å². The van der Waals surface area contributed by atoms with Gasteiger partial charge in [-0.2, -0.15) is 10.1 Å². The molecule has 2 aromatic heterocycles. The van der Waals surface area contributed by atoms with Crippen LogP contribution in [-0.2, 0) is 0 Å². The molecule has 4 aromatic rings. The van der Waals surface area contributed by atoms with E-state index in [-0.39, 0.29) is 0 Å². The molecule has 1 atom stereocenters. The van der Waals surface area contributed by atoms with Crippen LogP contribution in [0.1, 0.15) is 24.4 Å². The maximum absolute atomic E-state index is 6.81. The maximum Gasteiger partial charge on any atom is 0.247 e. The third-order valence-electron chi connectivity index (χ3n) is 4.92. The van der Waals surface area contributed by atoms with Gasteiger partial charge in [0.1, 0.15) is 5.15 Å². The van der Waals surface area contributed by atoms with Crippen molar-refractivity contribution >= 4 is 29.1 Å². The lowest BCUT2D eigenvalue weighted by molar-refractivity contribution is 0.224. The molecular weight excluding hydrogens is 432 g/mol. The molecule has 0 unspecified atom stereocenters. The molecule has 0 fully saturated rings. The Balaban J connectivity index is 1.63. The number of benzene rings is 2. The van der Waals surface area contributed by atoms with Crippen molar-refractivity contribution < 1.29 is 4.74 Å².